The highest BCUT2D eigenvalue weighted by atomic mass is 16.3. The molecule has 2 aromatic rings. The standard InChI is InChI=1S/C21H28N4O3/c1-15-9-4-5-10-17(15)25-20(27)18(19(26)23-21(25)28)16(2)22-11-8-14-24-12-6-3-7-13-24/h4-5,9-10,27H,3,6-8,11-14H2,1-2H3,(H,23,26,28). The maximum atomic E-state index is 12.3. The molecule has 7 heteroatoms. The Bertz CT molecular complexity index is 968. The van der Waals surface area contributed by atoms with Gasteiger partial charge in [-0.2, -0.15) is 0 Å². The fourth-order valence-corrected chi connectivity index (χ4v) is 3.69. The second kappa shape index (κ2) is 9.01. The summed E-state index contributed by atoms with van der Waals surface area (Å²) in [6.07, 6.45) is 4.72. The Hall–Kier alpha value is -2.67. The number of aryl methyl sites for hydroxylation is 1. The molecule has 0 radical (unpaired) electrons. The van der Waals surface area contributed by atoms with Gasteiger partial charge >= 0.3 is 5.69 Å². The van der Waals surface area contributed by atoms with Gasteiger partial charge in [-0.3, -0.25) is 14.8 Å². The van der Waals surface area contributed by atoms with Crippen LogP contribution in [0.25, 0.3) is 5.69 Å². The van der Waals surface area contributed by atoms with E-state index in [9.17, 15) is 14.7 Å². The van der Waals surface area contributed by atoms with E-state index in [-0.39, 0.29) is 11.4 Å². The summed E-state index contributed by atoms with van der Waals surface area (Å²) in [6, 6.07) is 7.19. The van der Waals surface area contributed by atoms with Crippen LogP contribution in [0.5, 0.6) is 5.88 Å². The quantitative estimate of drug-likeness (QED) is 0.590. The monoisotopic (exact) mass is 384 g/mol. The fourth-order valence-electron chi connectivity index (χ4n) is 3.69. The largest absolute Gasteiger partial charge is 0.493 e. The van der Waals surface area contributed by atoms with Crippen molar-refractivity contribution in [1.82, 2.24) is 14.5 Å². The van der Waals surface area contributed by atoms with Crippen LogP contribution in [-0.4, -0.2) is 51.4 Å². The van der Waals surface area contributed by atoms with Gasteiger partial charge in [-0.25, -0.2) is 9.36 Å². The van der Waals surface area contributed by atoms with Crippen molar-refractivity contribution in [2.24, 2.45) is 4.99 Å². The number of piperidine rings is 1. The molecule has 1 fully saturated rings. The summed E-state index contributed by atoms with van der Waals surface area (Å²) < 4.78 is 1.12. The van der Waals surface area contributed by atoms with E-state index in [0.717, 1.165) is 36.2 Å². The number of aromatic nitrogens is 2. The lowest BCUT2D eigenvalue weighted by Gasteiger charge is -2.25. The minimum absolute atomic E-state index is 0.0424. The molecule has 2 N–H and O–H groups in total. The number of hydrogen-bond acceptors (Lipinski definition) is 5. The molecule has 0 spiro atoms. The van der Waals surface area contributed by atoms with Crippen LogP contribution in [-0.2, 0) is 0 Å². The molecule has 28 heavy (non-hydrogen) atoms. The van der Waals surface area contributed by atoms with Gasteiger partial charge in [-0.05, 0) is 64.4 Å². The van der Waals surface area contributed by atoms with Gasteiger partial charge in [0.2, 0.25) is 5.88 Å². The molecule has 0 amide bonds. The van der Waals surface area contributed by atoms with Crippen LogP contribution in [0.2, 0.25) is 0 Å². The summed E-state index contributed by atoms with van der Waals surface area (Å²) >= 11 is 0. The summed E-state index contributed by atoms with van der Waals surface area (Å²) in [5, 5.41) is 10.7. The van der Waals surface area contributed by atoms with Crippen molar-refractivity contribution in [3.05, 3.63) is 56.2 Å². The maximum Gasteiger partial charge on any atom is 0.335 e. The molecule has 3 rings (SSSR count). The summed E-state index contributed by atoms with van der Waals surface area (Å²) in [5.74, 6) is -0.375. The van der Waals surface area contributed by atoms with Crippen molar-refractivity contribution >= 4 is 5.71 Å². The number of para-hydroxylation sites is 1. The predicted octanol–water partition coefficient (Wildman–Crippen LogP) is 2.22. The zero-order chi connectivity index (χ0) is 20.1. The van der Waals surface area contributed by atoms with E-state index in [1.807, 2.05) is 19.1 Å². The normalized spacial score (nSPS) is 15.7. The molecule has 2 heterocycles. The first-order valence-corrected chi connectivity index (χ1v) is 9.87. The van der Waals surface area contributed by atoms with E-state index in [1.54, 1.807) is 19.1 Å². The molecule has 0 aliphatic carbocycles. The Balaban J connectivity index is 1.83. The number of aromatic amines is 1. The van der Waals surface area contributed by atoms with Crippen LogP contribution in [0.4, 0.5) is 0 Å². The van der Waals surface area contributed by atoms with Crippen LogP contribution in [0.3, 0.4) is 0 Å². The Labute approximate surface area is 164 Å². The number of aliphatic imine (C=N–C) groups is 1. The van der Waals surface area contributed by atoms with Crippen LogP contribution < -0.4 is 11.2 Å². The average Bonchev–Trinajstić information content (AvgIpc) is 2.67. The van der Waals surface area contributed by atoms with Gasteiger partial charge in [0.25, 0.3) is 5.56 Å². The molecule has 0 bridgehead atoms. The SMILES string of the molecule is CC(=NCCCN1CCCCC1)c1c(O)n(-c2ccccc2C)c(=O)[nH]c1=O. The molecule has 0 saturated carbocycles. The number of H-pyrrole nitrogens is 1. The van der Waals surface area contributed by atoms with Gasteiger partial charge in [0, 0.05) is 12.3 Å². The number of nitrogens with zero attached hydrogens (tertiary/aromatic N) is 3. The molecule has 1 aliphatic heterocycles. The number of rotatable bonds is 6. The molecule has 1 aromatic carbocycles. The molecule has 150 valence electrons. The fraction of sp³-hybridized carbons (Fsp3) is 0.476. The number of likely N-dealkylation sites (tertiary alicyclic amines) is 1. The first-order valence-electron chi connectivity index (χ1n) is 9.87. The van der Waals surface area contributed by atoms with Gasteiger partial charge in [0.05, 0.1) is 5.69 Å². The summed E-state index contributed by atoms with van der Waals surface area (Å²) in [6.45, 7) is 7.38. The van der Waals surface area contributed by atoms with Crippen molar-refractivity contribution < 1.29 is 5.11 Å². The molecule has 7 nitrogen and oxygen atoms in total. The molecule has 1 aliphatic rings. The third kappa shape index (κ3) is 4.42. The van der Waals surface area contributed by atoms with Gasteiger partial charge in [-0.1, -0.05) is 24.6 Å². The zero-order valence-electron chi connectivity index (χ0n) is 16.6. The van der Waals surface area contributed by atoms with Gasteiger partial charge in [0.1, 0.15) is 5.56 Å². The van der Waals surface area contributed by atoms with Crippen LogP contribution >= 0.6 is 0 Å². The summed E-state index contributed by atoms with van der Waals surface area (Å²) in [5.41, 5.74) is 0.526. The Morgan fingerprint density at radius 3 is 2.61 bits per heavy atom. The molecule has 0 unspecified atom stereocenters. The molecule has 1 aromatic heterocycles. The van der Waals surface area contributed by atoms with E-state index in [2.05, 4.69) is 14.9 Å². The maximum absolute atomic E-state index is 12.3. The molecule has 1 saturated heterocycles. The molecular weight excluding hydrogens is 356 g/mol. The van der Waals surface area contributed by atoms with E-state index >= 15 is 0 Å². The van der Waals surface area contributed by atoms with Crippen molar-refractivity contribution in [3.8, 4) is 11.6 Å². The third-order valence-electron chi connectivity index (χ3n) is 5.23. The summed E-state index contributed by atoms with van der Waals surface area (Å²) in [4.78, 5) is 33.9. The lowest BCUT2D eigenvalue weighted by molar-refractivity contribution is 0.228. The highest BCUT2D eigenvalue weighted by molar-refractivity contribution is 6.00. The average molecular weight is 384 g/mol. The lowest BCUT2D eigenvalue weighted by atomic mass is 10.1. The minimum atomic E-state index is -0.668. The number of nitrogens with one attached hydrogen (secondary N) is 1. The highest BCUT2D eigenvalue weighted by Crippen LogP contribution is 2.19. The van der Waals surface area contributed by atoms with Crippen molar-refractivity contribution in [2.75, 3.05) is 26.2 Å². The van der Waals surface area contributed by atoms with Crippen molar-refractivity contribution in [2.45, 2.75) is 39.5 Å². The van der Waals surface area contributed by atoms with E-state index < -0.39 is 11.2 Å². The number of benzene rings is 1. The highest BCUT2D eigenvalue weighted by Gasteiger charge is 2.18. The van der Waals surface area contributed by atoms with Gasteiger partial charge in [0.15, 0.2) is 0 Å². The topological polar surface area (TPSA) is 90.7 Å². The first kappa shape index (κ1) is 20.1. The van der Waals surface area contributed by atoms with Gasteiger partial charge in [-0.15, -0.1) is 0 Å². The van der Waals surface area contributed by atoms with E-state index in [4.69, 9.17) is 0 Å². The smallest absolute Gasteiger partial charge is 0.335 e. The van der Waals surface area contributed by atoms with E-state index in [0.29, 0.717) is 17.9 Å². The van der Waals surface area contributed by atoms with Crippen LogP contribution in [0.1, 0.15) is 43.7 Å². The molecule has 0 atom stereocenters. The predicted molar refractivity (Wildman–Crippen MR) is 111 cm³/mol. The minimum Gasteiger partial charge on any atom is -0.493 e. The van der Waals surface area contributed by atoms with Gasteiger partial charge < -0.3 is 10.0 Å². The van der Waals surface area contributed by atoms with Crippen LogP contribution in [0.15, 0.2) is 38.8 Å². The Morgan fingerprint density at radius 1 is 1.18 bits per heavy atom. The third-order valence-corrected chi connectivity index (χ3v) is 5.23. The lowest BCUT2D eigenvalue weighted by Crippen LogP contribution is -2.33. The second-order valence-corrected chi connectivity index (χ2v) is 7.30. The summed E-state index contributed by atoms with van der Waals surface area (Å²) in [7, 11) is 0. The van der Waals surface area contributed by atoms with Crippen molar-refractivity contribution in [1.29, 1.82) is 0 Å². The Morgan fingerprint density at radius 2 is 1.89 bits per heavy atom. The first-order chi connectivity index (χ1) is 13.5. The number of hydrogen-bond donors (Lipinski definition) is 2. The Kier molecular flexibility index (Phi) is 6.46. The van der Waals surface area contributed by atoms with E-state index in [1.165, 1.54) is 19.3 Å². The van der Waals surface area contributed by atoms with Crippen LogP contribution in [0, 0.1) is 6.92 Å². The zero-order valence-corrected chi connectivity index (χ0v) is 16.6. The second-order valence-electron chi connectivity index (χ2n) is 7.30. The molecular formula is C21H28N4O3. The number of aromatic hydroxyl groups is 1. The van der Waals surface area contributed by atoms with Crippen molar-refractivity contribution in [3.63, 3.8) is 0 Å².